The fraction of sp³-hybridized carbons (Fsp3) is 0.263. The summed E-state index contributed by atoms with van der Waals surface area (Å²) < 4.78 is 0. The Morgan fingerprint density at radius 1 is 0.917 bits per heavy atom. The van der Waals surface area contributed by atoms with Crippen LogP contribution in [0.25, 0.3) is 0 Å². The summed E-state index contributed by atoms with van der Waals surface area (Å²) in [7, 11) is 0. The lowest BCUT2D eigenvalue weighted by Crippen LogP contribution is -1.96. The van der Waals surface area contributed by atoms with E-state index in [9.17, 15) is 9.59 Å². The highest BCUT2D eigenvalue weighted by Crippen LogP contribution is 2.19. The maximum absolute atomic E-state index is 10.7. The monoisotopic (exact) mass is 351 g/mol. The minimum atomic E-state index is 0. The first-order valence-electron chi connectivity index (χ1n) is 7.15. The Morgan fingerprint density at radius 2 is 1.38 bits per heavy atom. The number of carbonyl (C=O) groups is 2. The first-order chi connectivity index (χ1) is 10.8. The number of hydrogen-bond donors (Lipinski definition) is 2. The van der Waals surface area contributed by atoms with E-state index in [4.69, 9.17) is 23.1 Å². The number of nitrogens with two attached hydrogens (primary N) is 2. The normalized spacial score (nSPS) is 9.29. The number of nitrogen functional groups attached to an aromatic ring is 2. The van der Waals surface area contributed by atoms with E-state index in [1.807, 2.05) is 18.2 Å². The van der Waals surface area contributed by atoms with Crippen LogP contribution in [0.4, 0.5) is 11.4 Å². The van der Waals surface area contributed by atoms with Gasteiger partial charge in [0, 0.05) is 20.0 Å². The van der Waals surface area contributed by atoms with Crippen LogP contribution in [-0.4, -0.2) is 11.6 Å². The van der Waals surface area contributed by atoms with Crippen LogP contribution >= 0.6 is 11.6 Å². The molecule has 0 bridgehead atoms. The lowest BCUT2D eigenvalue weighted by Gasteiger charge is -2.00. The summed E-state index contributed by atoms with van der Waals surface area (Å²) in [5.41, 5.74) is 14.2. The lowest BCUT2D eigenvalue weighted by molar-refractivity contribution is -0.117. The van der Waals surface area contributed by atoms with E-state index >= 15 is 0 Å². The van der Waals surface area contributed by atoms with Gasteiger partial charge in [-0.1, -0.05) is 37.2 Å². The Balaban J connectivity index is 0. The number of carbonyl (C=O) groups excluding carboxylic acids is 2. The van der Waals surface area contributed by atoms with Gasteiger partial charge in [0.15, 0.2) is 0 Å². The van der Waals surface area contributed by atoms with E-state index in [-0.39, 0.29) is 20.4 Å². The third kappa shape index (κ3) is 8.34. The van der Waals surface area contributed by atoms with Gasteiger partial charge in [0.2, 0.25) is 0 Å². The number of Topliss-reactive ketones (excluding diaryl/α,β-unsaturated/α-hetero) is 2. The van der Waals surface area contributed by atoms with E-state index in [1.165, 1.54) is 0 Å². The molecule has 4 N–H and O–H groups in total. The summed E-state index contributed by atoms with van der Waals surface area (Å²) in [5, 5.41) is 0.508. The molecule has 0 aliphatic heterocycles. The Hall–Kier alpha value is -2.33. The summed E-state index contributed by atoms with van der Waals surface area (Å²) in [6, 6.07) is 12.6. The van der Waals surface area contributed by atoms with Crippen LogP contribution in [0, 0.1) is 0 Å². The number of hydrogen-bond acceptors (Lipinski definition) is 4. The zero-order valence-electron chi connectivity index (χ0n) is 13.3. The molecule has 4 nitrogen and oxygen atoms in total. The smallest absolute Gasteiger partial charge is 0.134 e. The molecule has 0 aliphatic carbocycles. The average Bonchev–Trinajstić information content (AvgIpc) is 2.45. The topological polar surface area (TPSA) is 86.2 Å². The molecule has 0 radical (unpaired) electrons. The molecule has 0 spiro atoms. The standard InChI is InChI=1S/C9H10ClNO.C9H11NO.CH4.H2/c1-6(12)4-7-2-3-9(11)8(10)5-7;1-7(11)6-8-2-4-9(10)5-3-8;;/h2-3,5H,4,11H2,1H3;2-5H,6,10H2,1H3;1H4;1H/i;;;1+1. The van der Waals surface area contributed by atoms with Gasteiger partial charge in [0.1, 0.15) is 11.6 Å². The summed E-state index contributed by atoms with van der Waals surface area (Å²) in [5.74, 6) is 0.297. The molecule has 0 aromatic heterocycles. The quantitative estimate of drug-likeness (QED) is 0.802. The Bertz CT molecular complexity index is 688. The maximum Gasteiger partial charge on any atom is 0.134 e. The van der Waals surface area contributed by atoms with Crippen LogP contribution in [0.1, 0.15) is 33.8 Å². The first kappa shape index (κ1) is 21.7. The number of ketones is 2. The highest BCUT2D eigenvalue weighted by atomic mass is 35.5. The van der Waals surface area contributed by atoms with Gasteiger partial charge in [-0.2, -0.15) is 0 Å². The van der Waals surface area contributed by atoms with Crippen LogP contribution in [0.15, 0.2) is 42.5 Å². The summed E-state index contributed by atoms with van der Waals surface area (Å²) >= 11 is 5.76. The van der Waals surface area contributed by atoms with Crippen molar-refractivity contribution in [3.05, 3.63) is 58.6 Å². The Morgan fingerprint density at radius 3 is 1.83 bits per heavy atom. The second kappa shape index (κ2) is 10.4. The maximum atomic E-state index is 10.7. The molecule has 0 aliphatic rings. The molecule has 5 heteroatoms. The molecule has 0 amide bonds. The largest absolute Gasteiger partial charge is 0.399 e. The van der Waals surface area contributed by atoms with Gasteiger partial charge < -0.3 is 11.5 Å². The zero-order valence-corrected chi connectivity index (χ0v) is 14.1. The van der Waals surface area contributed by atoms with Gasteiger partial charge >= 0.3 is 0 Å². The fourth-order valence-corrected chi connectivity index (χ4v) is 2.09. The predicted molar refractivity (Wildman–Crippen MR) is 104 cm³/mol. The van der Waals surface area contributed by atoms with Crippen LogP contribution in [0.2, 0.25) is 5.02 Å². The molecule has 0 saturated carbocycles. The Labute approximate surface area is 150 Å². The van der Waals surface area contributed by atoms with Gasteiger partial charge in [-0.15, -0.1) is 0 Å². The molecule has 0 heterocycles. The van der Waals surface area contributed by atoms with Crippen molar-refractivity contribution in [3.8, 4) is 0 Å². The van der Waals surface area contributed by atoms with Crippen molar-refractivity contribution in [3.63, 3.8) is 0 Å². The molecular formula is C19H27ClN2O2. The molecule has 0 atom stereocenters. The van der Waals surface area contributed by atoms with Crippen molar-refractivity contribution < 1.29 is 11.0 Å². The Kier molecular flexibility index (Phi) is 9.43. The van der Waals surface area contributed by atoms with Gasteiger partial charge in [-0.3, -0.25) is 9.59 Å². The summed E-state index contributed by atoms with van der Waals surface area (Å²) in [4.78, 5) is 21.4. The number of benzene rings is 2. The molecule has 0 unspecified atom stereocenters. The molecule has 132 valence electrons. The molecule has 2 aromatic rings. The predicted octanol–water partition coefficient (Wildman–Crippen LogP) is 4.34. The van der Waals surface area contributed by atoms with Gasteiger partial charge in [0.25, 0.3) is 0 Å². The van der Waals surface area contributed by atoms with E-state index < -0.39 is 0 Å². The highest BCUT2D eigenvalue weighted by molar-refractivity contribution is 6.33. The fourth-order valence-electron chi connectivity index (χ4n) is 1.89. The molecule has 2 aromatic carbocycles. The van der Waals surface area contributed by atoms with E-state index in [1.54, 1.807) is 38.1 Å². The molecule has 0 saturated heterocycles. The van der Waals surface area contributed by atoms with Crippen molar-refractivity contribution in [2.24, 2.45) is 0 Å². The summed E-state index contributed by atoms with van der Waals surface area (Å²) in [6.07, 6.45) is 0.917. The van der Waals surface area contributed by atoms with Crippen molar-refractivity contribution in [1.82, 2.24) is 0 Å². The number of anilines is 2. The first-order valence-corrected chi connectivity index (χ1v) is 7.53. The van der Waals surface area contributed by atoms with E-state index in [0.717, 1.165) is 16.8 Å². The van der Waals surface area contributed by atoms with Crippen LogP contribution in [-0.2, 0) is 22.4 Å². The number of rotatable bonds is 4. The second-order valence-electron chi connectivity index (χ2n) is 5.36. The van der Waals surface area contributed by atoms with E-state index in [0.29, 0.717) is 23.6 Å². The third-order valence-corrected chi connectivity index (χ3v) is 3.28. The van der Waals surface area contributed by atoms with Gasteiger partial charge in [0.05, 0.1) is 10.7 Å². The highest BCUT2D eigenvalue weighted by Gasteiger charge is 2.00. The SMILES string of the molecule is C.CC(=O)Cc1ccc(N)c(Cl)c1.CC(=O)Cc1ccc(N)cc1.[2HH]. The average molecular weight is 352 g/mol. The molecule has 24 heavy (non-hydrogen) atoms. The molecule has 2 rings (SSSR count). The van der Waals surface area contributed by atoms with Crippen molar-refractivity contribution in [2.45, 2.75) is 34.1 Å². The summed E-state index contributed by atoms with van der Waals surface area (Å²) in [6.45, 7) is 3.13. The van der Waals surface area contributed by atoms with Crippen molar-refractivity contribution >= 4 is 34.5 Å². The zero-order chi connectivity index (χ0) is 17.4. The second-order valence-corrected chi connectivity index (χ2v) is 5.76. The van der Waals surface area contributed by atoms with Crippen LogP contribution < -0.4 is 11.5 Å². The minimum absolute atomic E-state index is 0. The number of halogens is 1. The van der Waals surface area contributed by atoms with Crippen molar-refractivity contribution in [2.75, 3.05) is 11.5 Å². The minimum Gasteiger partial charge on any atom is -0.399 e. The van der Waals surface area contributed by atoms with Crippen LogP contribution in [0.3, 0.4) is 0 Å². The molecule has 0 fully saturated rings. The third-order valence-electron chi connectivity index (χ3n) is 2.95. The molecular weight excluding hydrogens is 324 g/mol. The van der Waals surface area contributed by atoms with Crippen LogP contribution in [0.5, 0.6) is 0 Å². The lowest BCUT2D eigenvalue weighted by atomic mass is 10.1. The van der Waals surface area contributed by atoms with Crippen molar-refractivity contribution in [1.29, 1.82) is 0 Å². The van der Waals surface area contributed by atoms with Gasteiger partial charge in [-0.25, -0.2) is 0 Å². The van der Waals surface area contributed by atoms with Gasteiger partial charge in [-0.05, 0) is 49.2 Å². The van der Waals surface area contributed by atoms with E-state index in [2.05, 4.69) is 0 Å².